The molecule has 4 aromatic rings. The molecule has 0 fully saturated rings. The number of rotatable bonds is 6. The van der Waals surface area contributed by atoms with Gasteiger partial charge in [0.2, 0.25) is 0 Å². The summed E-state index contributed by atoms with van der Waals surface area (Å²) in [7, 11) is 0. The first-order chi connectivity index (χ1) is 15.0. The maximum absolute atomic E-state index is 9.15. The van der Waals surface area contributed by atoms with Gasteiger partial charge in [0.25, 0.3) is 0 Å². The summed E-state index contributed by atoms with van der Waals surface area (Å²) in [6, 6.07) is 24.8. The number of benzene rings is 3. The molecule has 4 rings (SSSR count). The monoisotopic (exact) mass is 409 g/mol. The summed E-state index contributed by atoms with van der Waals surface area (Å²) in [5.41, 5.74) is 7.53. The van der Waals surface area contributed by atoms with Crippen LogP contribution < -0.4 is 4.74 Å². The van der Waals surface area contributed by atoms with E-state index in [2.05, 4.69) is 61.3 Å². The first-order valence-electron chi connectivity index (χ1n) is 10.6. The maximum Gasteiger partial charge on any atom is 0.119 e. The summed E-state index contributed by atoms with van der Waals surface area (Å²) in [4.78, 5) is 4.66. The normalized spacial score (nSPS) is 11.8. The van der Waals surface area contributed by atoms with E-state index in [1.165, 1.54) is 5.56 Å². The fourth-order valence-corrected chi connectivity index (χ4v) is 3.65. The van der Waals surface area contributed by atoms with Crippen molar-refractivity contribution in [3.05, 3.63) is 102 Å². The van der Waals surface area contributed by atoms with Gasteiger partial charge in [-0.15, -0.1) is 0 Å². The number of fused-ring (bicyclic) bond motifs is 1. The quantitative estimate of drug-likeness (QED) is 0.335. The van der Waals surface area contributed by atoms with E-state index < -0.39 is 0 Å². The van der Waals surface area contributed by atoms with Crippen molar-refractivity contribution in [1.29, 1.82) is 0 Å². The van der Waals surface area contributed by atoms with Gasteiger partial charge in [-0.05, 0) is 77.1 Å². The SMILES string of the molecule is C/C(=C/O)c1ccc(OCc2cccc(-c3cc(C(C)C)cc4cccnc34)c2)cc1. The van der Waals surface area contributed by atoms with Gasteiger partial charge in [-0.25, -0.2) is 0 Å². The Hall–Kier alpha value is -3.59. The lowest BCUT2D eigenvalue weighted by Gasteiger charge is -2.13. The molecule has 31 heavy (non-hydrogen) atoms. The molecule has 0 aliphatic rings. The summed E-state index contributed by atoms with van der Waals surface area (Å²) in [5.74, 6) is 1.25. The minimum atomic E-state index is 0.446. The smallest absolute Gasteiger partial charge is 0.119 e. The van der Waals surface area contributed by atoms with Gasteiger partial charge in [-0.2, -0.15) is 0 Å². The first kappa shape index (κ1) is 20.7. The topological polar surface area (TPSA) is 42.4 Å². The minimum Gasteiger partial charge on any atom is -0.515 e. The van der Waals surface area contributed by atoms with Crippen LogP contribution in [0.3, 0.4) is 0 Å². The van der Waals surface area contributed by atoms with E-state index in [-0.39, 0.29) is 0 Å². The number of hydrogen-bond acceptors (Lipinski definition) is 3. The van der Waals surface area contributed by atoms with E-state index in [0.29, 0.717) is 12.5 Å². The van der Waals surface area contributed by atoms with E-state index in [1.807, 2.05) is 43.5 Å². The standard InChI is InChI=1S/C28H27NO2/c1-19(2)25-15-24-8-5-13-29-28(24)27(16-25)23-7-4-6-21(14-23)18-31-26-11-9-22(10-12-26)20(3)17-30/h4-17,19,30H,18H2,1-3H3/b20-17-. The number of aliphatic hydroxyl groups is 1. The van der Waals surface area contributed by atoms with Crippen LogP contribution in [0.25, 0.3) is 27.6 Å². The molecule has 0 bridgehead atoms. The van der Waals surface area contributed by atoms with Crippen molar-refractivity contribution in [2.75, 3.05) is 0 Å². The van der Waals surface area contributed by atoms with E-state index in [1.54, 1.807) is 0 Å². The van der Waals surface area contributed by atoms with Gasteiger partial charge < -0.3 is 9.84 Å². The molecule has 0 atom stereocenters. The van der Waals surface area contributed by atoms with Gasteiger partial charge in [-0.1, -0.05) is 50.2 Å². The third-order valence-corrected chi connectivity index (χ3v) is 5.54. The molecule has 0 saturated heterocycles. The predicted octanol–water partition coefficient (Wildman–Crippen LogP) is 7.52. The lowest BCUT2D eigenvalue weighted by Crippen LogP contribution is -1.97. The lowest BCUT2D eigenvalue weighted by molar-refractivity contribution is 0.306. The predicted molar refractivity (Wildman–Crippen MR) is 128 cm³/mol. The Morgan fingerprint density at radius 2 is 1.81 bits per heavy atom. The van der Waals surface area contributed by atoms with Crippen LogP contribution in [0.1, 0.15) is 43.4 Å². The fourth-order valence-electron chi connectivity index (χ4n) is 3.65. The second-order valence-electron chi connectivity index (χ2n) is 8.12. The molecule has 0 amide bonds. The molecule has 1 aromatic heterocycles. The molecular formula is C28H27NO2. The molecular weight excluding hydrogens is 382 g/mol. The van der Waals surface area contributed by atoms with Crippen molar-refractivity contribution < 1.29 is 9.84 Å². The minimum absolute atomic E-state index is 0.446. The van der Waals surface area contributed by atoms with Crippen molar-refractivity contribution in [2.24, 2.45) is 0 Å². The van der Waals surface area contributed by atoms with Crippen LogP contribution in [0.15, 0.2) is 85.3 Å². The molecule has 1 N–H and O–H groups in total. The second kappa shape index (κ2) is 9.05. The molecule has 0 aliphatic carbocycles. The highest BCUT2D eigenvalue weighted by atomic mass is 16.5. The van der Waals surface area contributed by atoms with Crippen molar-refractivity contribution in [3.8, 4) is 16.9 Å². The number of ether oxygens (including phenoxy) is 1. The van der Waals surface area contributed by atoms with E-state index >= 15 is 0 Å². The molecule has 1 heterocycles. The molecule has 0 aliphatic heterocycles. The average Bonchev–Trinajstić information content (AvgIpc) is 2.82. The molecule has 3 aromatic carbocycles. The van der Waals surface area contributed by atoms with Crippen LogP contribution in [-0.4, -0.2) is 10.1 Å². The van der Waals surface area contributed by atoms with Gasteiger partial charge in [0.15, 0.2) is 0 Å². The third kappa shape index (κ3) is 4.61. The number of allylic oxidation sites excluding steroid dienone is 1. The summed E-state index contributed by atoms with van der Waals surface area (Å²) in [5, 5.41) is 10.3. The largest absolute Gasteiger partial charge is 0.515 e. The highest BCUT2D eigenvalue weighted by Crippen LogP contribution is 2.32. The van der Waals surface area contributed by atoms with Gasteiger partial charge in [0, 0.05) is 17.1 Å². The van der Waals surface area contributed by atoms with Gasteiger partial charge in [0.1, 0.15) is 12.4 Å². The van der Waals surface area contributed by atoms with Gasteiger partial charge in [-0.3, -0.25) is 4.98 Å². The van der Waals surface area contributed by atoms with Crippen LogP contribution in [0.5, 0.6) is 5.75 Å². The third-order valence-electron chi connectivity index (χ3n) is 5.54. The number of aromatic nitrogens is 1. The zero-order valence-electron chi connectivity index (χ0n) is 18.2. The van der Waals surface area contributed by atoms with E-state index in [0.717, 1.165) is 50.7 Å². The molecule has 3 heteroatoms. The average molecular weight is 410 g/mol. The van der Waals surface area contributed by atoms with Crippen LogP contribution >= 0.6 is 0 Å². The van der Waals surface area contributed by atoms with Crippen molar-refractivity contribution in [3.63, 3.8) is 0 Å². The van der Waals surface area contributed by atoms with Crippen LogP contribution in [0.2, 0.25) is 0 Å². The summed E-state index contributed by atoms with van der Waals surface area (Å²) >= 11 is 0. The van der Waals surface area contributed by atoms with Crippen LogP contribution in [0.4, 0.5) is 0 Å². The van der Waals surface area contributed by atoms with Gasteiger partial charge >= 0.3 is 0 Å². The summed E-state index contributed by atoms with van der Waals surface area (Å²) in [6.45, 7) is 6.79. The molecule has 0 spiro atoms. The molecule has 3 nitrogen and oxygen atoms in total. The summed E-state index contributed by atoms with van der Waals surface area (Å²) < 4.78 is 6.00. The van der Waals surface area contributed by atoms with Crippen molar-refractivity contribution in [2.45, 2.75) is 33.3 Å². The van der Waals surface area contributed by atoms with Crippen LogP contribution in [0, 0.1) is 0 Å². The Morgan fingerprint density at radius 3 is 2.55 bits per heavy atom. The zero-order valence-corrected chi connectivity index (χ0v) is 18.2. The highest BCUT2D eigenvalue weighted by molar-refractivity contribution is 5.94. The number of hydrogen-bond donors (Lipinski definition) is 1. The fraction of sp³-hybridized carbons (Fsp3) is 0.179. The Labute approximate surface area is 183 Å². The number of nitrogens with zero attached hydrogens (tertiary/aromatic N) is 1. The molecule has 0 saturated carbocycles. The summed E-state index contributed by atoms with van der Waals surface area (Å²) in [6.07, 6.45) is 2.97. The number of pyridine rings is 1. The lowest BCUT2D eigenvalue weighted by atomic mass is 9.93. The Morgan fingerprint density at radius 1 is 1.00 bits per heavy atom. The van der Waals surface area contributed by atoms with Crippen molar-refractivity contribution in [1.82, 2.24) is 4.98 Å². The van der Waals surface area contributed by atoms with Gasteiger partial charge in [0.05, 0.1) is 11.8 Å². The highest BCUT2D eigenvalue weighted by Gasteiger charge is 2.10. The Bertz CT molecular complexity index is 1220. The molecule has 0 radical (unpaired) electrons. The Balaban J connectivity index is 1.60. The molecule has 0 unspecified atom stereocenters. The zero-order chi connectivity index (χ0) is 21.8. The van der Waals surface area contributed by atoms with Crippen molar-refractivity contribution >= 4 is 16.5 Å². The number of aliphatic hydroxyl groups excluding tert-OH is 1. The van der Waals surface area contributed by atoms with E-state index in [9.17, 15) is 0 Å². The second-order valence-corrected chi connectivity index (χ2v) is 8.12. The van der Waals surface area contributed by atoms with Crippen LogP contribution in [-0.2, 0) is 6.61 Å². The maximum atomic E-state index is 9.15. The molecule has 156 valence electrons. The first-order valence-corrected chi connectivity index (χ1v) is 10.6. The van der Waals surface area contributed by atoms with E-state index in [4.69, 9.17) is 9.84 Å². The Kier molecular flexibility index (Phi) is 6.03.